The van der Waals surface area contributed by atoms with Crippen molar-refractivity contribution in [3.8, 4) is 0 Å². The maximum absolute atomic E-state index is 12.3. The molecular formula is C12H10F3N3OS. The van der Waals surface area contributed by atoms with Crippen molar-refractivity contribution in [2.75, 3.05) is 5.32 Å². The Bertz CT molecular complexity index is 583. The van der Waals surface area contributed by atoms with Crippen LogP contribution in [0.15, 0.2) is 30.3 Å². The number of benzene rings is 1. The first-order chi connectivity index (χ1) is 9.45. The number of carbonyl (C=O) groups excluding carboxylic acids is 1. The average molecular weight is 301 g/mol. The molecule has 0 saturated heterocycles. The Kier molecular flexibility index (Phi) is 4.33. The molecule has 0 spiro atoms. The largest absolute Gasteiger partial charge is 0.445 e. The zero-order valence-corrected chi connectivity index (χ0v) is 11.0. The van der Waals surface area contributed by atoms with Crippen molar-refractivity contribution in [2.24, 2.45) is 0 Å². The lowest BCUT2D eigenvalue weighted by Crippen LogP contribution is -2.12. The van der Waals surface area contributed by atoms with Crippen LogP contribution in [-0.4, -0.2) is 16.1 Å². The minimum absolute atomic E-state index is 0.143. The van der Waals surface area contributed by atoms with Crippen LogP contribution >= 0.6 is 11.3 Å². The number of nitrogens with one attached hydrogen (secondary N) is 1. The smallest absolute Gasteiger partial charge is 0.301 e. The van der Waals surface area contributed by atoms with Gasteiger partial charge >= 0.3 is 6.18 Å². The van der Waals surface area contributed by atoms with Gasteiger partial charge in [-0.15, -0.1) is 10.2 Å². The summed E-state index contributed by atoms with van der Waals surface area (Å²) in [6.07, 6.45) is -3.85. The fourth-order valence-corrected chi connectivity index (χ4v) is 2.10. The number of carbonyl (C=O) groups is 1. The highest BCUT2D eigenvalue weighted by Gasteiger charge is 2.35. The number of halogens is 3. The standard InChI is InChI=1S/C12H10F3N3OS/c13-12(14,15)10-17-18-11(20-10)16-9(19)7-6-8-4-2-1-3-5-8/h1-5H,6-7H2,(H,16,18,19). The van der Waals surface area contributed by atoms with Gasteiger partial charge in [0.2, 0.25) is 16.0 Å². The normalized spacial score (nSPS) is 11.3. The Morgan fingerprint density at radius 1 is 1.20 bits per heavy atom. The SMILES string of the molecule is O=C(CCc1ccccc1)Nc1nnc(C(F)(F)F)s1. The Balaban J connectivity index is 1.87. The van der Waals surface area contributed by atoms with E-state index in [1.54, 1.807) is 0 Å². The van der Waals surface area contributed by atoms with E-state index in [2.05, 4.69) is 15.5 Å². The lowest BCUT2D eigenvalue weighted by molar-refractivity contribution is -0.138. The molecule has 1 amide bonds. The Morgan fingerprint density at radius 2 is 1.90 bits per heavy atom. The van der Waals surface area contributed by atoms with Gasteiger partial charge in [0.25, 0.3) is 0 Å². The third-order valence-corrected chi connectivity index (χ3v) is 3.28. The summed E-state index contributed by atoms with van der Waals surface area (Å²) in [5.41, 5.74) is 0.982. The van der Waals surface area contributed by atoms with Crippen molar-refractivity contribution in [2.45, 2.75) is 19.0 Å². The molecule has 0 saturated carbocycles. The molecule has 20 heavy (non-hydrogen) atoms. The molecule has 0 fully saturated rings. The van der Waals surface area contributed by atoms with Crippen molar-refractivity contribution >= 4 is 22.4 Å². The third kappa shape index (κ3) is 4.02. The second kappa shape index (κ2) is 6.00. The number of rotatable bonds is 4. The van der Waals surface area contributed by atoms with Crippen molar-refractivity contribution in [1.82, 2.24) is 10.2 Å². The molecule has 0 radical (unpaired) electrons. The van der Waals surface area contributed by atoms with Crippen LogP contribution in [0.4, 0.5) is 18.3 Å². The molecule has 0 atom stereocenters. The molecule has 1 aromatic heterocycles. The van der Waals surface area contributed by atoms with Gasteiger partial charge < -0.3 is 5.32 Å². The first-order valence-electron chi connectivity index (χ1n) is 5.69. The molecule has 2 aromatic rings. The summed E-state index contributed by atoms with van der Waals surface area (Å²) >= 11 is 0.311. The van der Waals surface area contributed by atoms with E-state index in [-0.39, 0.29) is 11.6 Å². The number of nitrogens with zero attached hydrogens (tertiary/aromatic N) is 2. The second-order valence-electron chi connectivity index (χ2n) is 3.94. The van der Waals surface area contributed by atoms with Crippen LogP contribution in [-0.2, 0) is 17.4 Å². The molecule has 106 valence electrons. The number of amides is 1. The lowest BCUT2D eigenvalue weighted by Gasteiger charge is -2.01. The molecule has 0 aliphatic heterocycles. The Hall–Kier alpha value is -1.96. The van der Waals surface area contributed by atoms with Gasteiger partial charge in [0.05, 0.1) is 0 Å². The molecule has 0 aliphatic rings. The summed E-state index contributed by atoms with van der Waals surface area (Å²) in [7, 11) is 0. The van der Waals surface area contributed by atoms with Crippen LogP contribution in [0.3, 0.4) is 0 Å². The van der Waals surface area contributed by atoms with E-state index < -0.39 is 17.1 Å². The molecule has 0 unspecified atom stereocenters. The molecular weight excluding hydrogens is 291 g/mol. The zero-order valence-electron chi connectivity index (χ0n) is 10.1. The Labute approximate surface area is 116 Å². The monoisotopic (exact) mass is 301 g/mol. The maximum atomic E-state index is 12.3. The highest BCUT2D eigenvalue weighted by Crippen LogP contribution is 2.32. The van der Waals surface area contributed by atoms with Gasteiger partial charge in [0.15, 0.2) is 0 Å². The summed E-state index contributed by atoms with van der Waals surface area (Å²) in [6.45, 7) is 0. The topological polar surface area (TPSA) is 54.9 Å². The Morgan fingerprint density at radius 3 is 2.50 bits per heavy atom. The number of aryl methyl sites for hydroxylation is 1. The highest BCUT2D eigenvalue weighted by molar-refractivity contribution is 7.15. The van der Waals surface area contributed by atoms with Crippen LogP contribution in [0, 0.1) is 0 Å². The summed E-state index contributed by atoms with van der Waals surface area (Å²) in [5, 5.41) is 7.38. The molecule has 0 aliphatic carbocycles. The van der Waals surface area contributed by atoms with E-state index in [0.717, 1.165) is 5.56 Å². The predicted molar refractivity (Wildman–Crippen MR) is 68.3 cm³/mol. The number of hydrogen-bond donors (Lipinski definition) is 1. The van der Waals surface area contributed by atoms with Crippen LogP contribution in [0.1, 0.15) is 17.0 Å². The van der Waals surface area contributed by atoms with E-state index in [0.29, 0.717) is 17.8 Å². The van der Waals surface area contributed by atoms with Crippen LogP contribution in [0.2, 0.25) is 0 Å². The van der Waals surface area contributed by atoms with E-state index in [1.165, 1.54) is 0 Å². The second-order valence-corrected chi connectivity index (χ2v) is 4.92. The van der Waals surface area contributed by atoms with Gasteiger partial charge in [-0.3, -0.25) is 4.79 Å². The summed E-state index contributed by atoms with van der Waals surface area (Å²) in [4.78, 5) is 11.6. The molecule has 4 nitrogen and oxygen atoms in total. The van der Waals surface area contributed by atoms with Crippen molar-refractivity contribution in [1.29, 1.82) is 0 Å². The fourth-order valence-electron chi connectivity index (χ4n) is 1.47. The van der Waals surface area contributed by atoms with Gasteiger partial charge in [-0.25, -0.2) is 0 Å². The average Bonchev–Trinajstić information content (AvgIpc) is 2.86. The van der Waals surface area contributed by atoms with Crippen LogP contribution in [0.5, 0.6) is 0 Å². The van der Waals surface area contributed by atoms with E-state index in [1.807, 2.05) is 30.3 Å². The van der Waals surface area contributed by atoms with Gasteiger partial charge in [-0.1, -0.05) is 41.7 Å². The minimum Gasteiger partial charge on any atom is -0.301 e. The summed E-state index contributed by atoms with van der Waals surface area (Å²) in [6, 6.07) is 9.32. The van der Waals surface area contributed by atoms with Crippen molar-refractivity contribution in [3.63, 3.8) is 0 Å². The number of hydrogen-bond acceptors (Lipinski definition) is 4. The van der Waals surface area contributed by atoms with Crippen molar-refractivity contribution in [3.05, 3.63) is 40.9 Å². The van der Waals surface area contributed by atoms with Gasteiger partial charge in [0, 0.05) is 6.42 Å². The van der Waals surface area contributed by atoms with Crippen LogP contribution < -0.4 is 5.32 Å². The zero-order chi connectivity index (χ0) is 14.6. The first-order valence-corrected chi connectivity index (χ1v) is 6.51. The van der Waals surface area contributed by atoms with Gasteiger partial charge in [-0.05, 0) is 12.0 Å². The molecule has 1 heterocycles. The molecule has 2 rings (SSSR count). The molecule has 0 bridgehead atoms. The summed E-state index contributed by atoms with van der Waals surface area (Å²) in [5.74, 6) is -0.390. The van der Waals surface area contributed by atoms with E-state index >= 15 is 0 Å². The predicted octanol–water partition coefficient (Wildman–Crippen LogP) is 3.13. The van der Waals surface area contributed by atoms with Gasteiger partial charge in [-0.2, -0.15) is 13.2 Å². The van der Waals surface area contributed by atoms with E-state index in [9.17, 15) is 18.0 Å². The number of alkyl halides is 3. The quantitative estimate of drug-likeness (QED) is 0.944. The minimum atomic E-state index is -4.54. The fraction of sp³-hybridized carbons (Fsp3) is 0.250. The molecule has 1 aromatic carbocycles. The number of anilines is 1. The number of aromatic nitrogens is 2. The maximum Gasteiger partial charge on any atom is 0.445 e. The van der Waals surface area contributed by atoms with Crippen LogP contribution in [0.25, 0.3) is 0 Å². The summed E-state index contributed by atoms with van der Waals surface area (Å²) < 4.78 is 36.9. The molecule has 8 heteroatoms. The van der Waals surface area contributed by atoms with Crippen molar-refractivity contribution < 1.29 is 18.0 Å². The first kappa shape index (κ1) is 14.4. The van der Waals surface area contributed by atoms with E-state index in [4.69, 9.17) is 0 Å². The third-order valence-electron chi connectivity index (χ3n) is 2.40. The highest BCUT2D eigenvalue weighted by atomic mass is 32.1. The molecule has 1 N–H and O–H groups in total. The lowest BCUT2D eigenvalue weighted by atomic mass is 10.1. The van der Waals surface area contributed by atoms with Gasteiger partial charge in [0.1, 0.15) is 0 Å².